The van der Waals surface area contributed by atoms with E-state index in [0.29, 0.717) is 12.2 Å². The van der Waals surface area contributed by atoms with Gasteiger partial charge >= 0.3 is 0 Å². The van der Waals surface area contributed by atoms with Gasteiger partial charge in [0.15, 0.2) is 5.58 Å². The van der Waals surface area contributed by atoms with Crippen LogP contribution in [-0.4, -0.2) is 22.6 Å². The normalized spacial score (nSPS) is 23.6. The lowest BCUT2D eigenvalue weighted by atomic mass is 9.95. The Hall–Kier alpha value is -2.85. The van der Waals surface area contributed by atoms with E-state index in [-0.39, 0.29) is 0 Å². The Balaban J connectivity index is 1.63. The van der Waals surface area contributed by atoms with E-state index in [1.807, 2.05) is 6.92 Å². The molecule has 0 aliphatic carbocycles. The van der Waals surface area contributed by atoms with E-state index < -0.39 is 0 Å². The van der Waals surface area contributed by atoms with Crippen molar-refractivity contribution in [2.75, 3.05) is 11.4 Å². The van der Waals surface area contributed by atoms with Crippen molar-refractivity contribution in [2.45, 2.75) is 45.9 Å². The van der Waals surface area contributed by atoms with Crippen LogP contribution in [0.1, 0.15) is 41.8 Å². The van der Waals surface area contributed by atoms with E-state index in [1.165, 1.54) is 22.4 Å². The fourth-order valence-electron chi connectivity index (χ4n) is 5.35. The molecule has 0 N–H and O–H groups in total. The monoisotopic (exact) mass is 383 g/mol. The molecular formula is C25H25N3O. The maximum Gasteiger partial charge on any atom is 0.227 e. The molecule has 4 nitrogen and oxygen atoms in total. The lowest BCUT2D eigenvalue weighted by Gasteiger charge is -2.46. The maximum absolute atomic E-state index is 6.41. The largest absolute Gasteiger partial charge is 0.436 e. The number of hydrogen-bond donors (Lipinski definition) is 0. The maximum atomic E-state index is 6.41. The van der Waals surface area contributed by atoms with E-state index in [4.69, 9.17) is 4.42 Å². The summed E-state index contributed by atoms with van der Waals surface area (Å²) in [5.41, 5.74) is 8.08. The number of anilines is 1. The topological polar surface area (TPSA) is 32.5 Å². The quantitative estimate of drug-likeness (QED) is 0.421. The number of furan rings is 1. The third kappa shape index (κ3) is 2.39. The van der Waals surface area contributed by atoms with Gasteiger partial charge in [-0.2, -0.15) is 0 Å². The first-order valence-electron chi connectivity index (χ1n) is 10.5. The Morgan fingerprint density at radius 1 is 1.00 bits per heavy atom. The Morgan fingerprint density at radius 2 is 1.83 bits per heavy atom. The van der Waals surface area contributed by atoms with Crippen molar-refractivity contribution >= 4 is 27.8 Å². The highest BCUT2D eigenvalue weighted by atomic mass is 16.3. The summed E-state index contributed by atoms with van der Waals surface area (Å²) in [4.78, 5) is 9.84. The van der Waals surface area contributed by atoms with E-state index in [2.05, 4.69) is 77.2 Å². The Kier molecular flexibility index (Phi) is 3.57. The molecule has 4 aromatic rings. The Morgan fingerprint density at radius 3 is 2.72 bits per heavy atom. The summed E-state index contributed by atoms with van der Waals surface area (Å²) in [6.45, 7) is 8.69. The van der Waals surface area contributed by atoms with Crippen LogP contribution in [0.5, 0.6) is 0 Å². The van der Waals surface area contributed by atoms with Crippen LogP contribution in [0.3, 0.4) is 0 Å². The Bertz CT molecular complexity index is 1260. The van der Waals surface area contributed by atoms with Crippen molar-refractivity contribution in [3.05, 3.63) is 70.9 Å². The third-order valence-electron chi connectivity index (χ3n) is 6.82. The van der Waals surface area contributed by atoms with Crippen LogP contribution < -0.4 is 4.90 Å². The SMILES string of the molecule is Cc1ccc2c(n1)oc1c(N3C4CCN(Cc5ccccc54)C3C)c(C)ccc12. The second-order valence-corrected chi connectivity index (χ2v) is 8.53. The zero-order valence-corrected chi connectivity index (χ0v) is 17.1. The lowest BCUT2D eigenvalue weighted by molar-refractivity contribution is 0.154. The van der Waals surface area contributed by atoms with Crippen LogP contribution in [0.25, 0.3) is 22.1 Å². The van der Waals surface area contributed by atoms with Crippen molar-refractivity contribution in [3.63, 3.8) is 0 Å². The molecule has 1 saturated heterocycles. The summed E-state index contributed by atoms with van der Waals surface area (Å²) in [5, 5.41) is 2.25. The van der Waals surface area contributed by atoms with Crippen molar-refractivity contribution in [2.24, 2.45) is 0 Å². The van der Waals surface area contributed by atoms with Gasteiger partial charge in [-0.3, -0.25) is 4.90 Å². The minimum atomic E-state index is 0.313. The molecule has 3 aliphatic heterocycles. The second-order valence-electron chi connectivity index (χ2n) is 8.53. The number of fused-ring (bicyclic) bond motifs is 5. The first-order chi connectivity index (χ1) is 14.1. The Labute approximate surface area is 170 Å². The second kappa shape index (κ2) is 6.07. The van der Waals surface area contributed by atoms with Crippen LogP contribution in [0.4, 0.5) is 5.69 Å². The molecule has 3 unspecified atom stereocenters. The van der Waals surface area contributed by atoms with Gasteiger partial charge in [-0.05, 0) is 56.0 Å². The van der Waals surface area contributed by atoms with Gasteiger partial charge in [-0.1, -0.05) is 36.4 Å². The first-order valence-corrected chi connectivity index (χ1v) is 10.5. The summed E-state index contributed by atoms with van der Waals surface area (Å²) < 4.78 is 6.41. The molecule has 4 heteroatoms. The summed E-state index contributed by atoms with van der Waals surface area (Å²) >= 11 is 0. The molecule has 5 heterocycles. The zero-order valence-electron chi connectivity index (χ0n) is 17.1. The molecule has 3 atom stereocenters. The highest BCUT2D eigenvalue weighted by molar-refractivity contribution is 6.08. The van der Waals surface area contributed by atoms with Crippen molar-refractivity contribution < 1.29 is 4.42 Å². The highest BCUT2D eigenvalue weighted by Crippen LogP contribution is 2.46. The van der Waals surface area contributed by atoms with Gasteiger partial charge in [-0.15, -0.1) is 0 Å². The van der Waals surface area contributed by atoms with Gasteiger partial charge in [0.25, 0.3) is 0 Å². The molecule has 146 valence electrons. The van der Waals surface area contributed by atoms with E-state index in [1.54, 1.807) is 0 Å². The highest BCUT2D eigenvalue weighted by Gasteiger charge is 2.40. The zero-order chi connectivity index (χ0) is 19.7. The van der Waals surface area contributed by atoms with Crippen molar-refractivity contribution in [1.82, 2.24) is 9.88 Å². The molecule has 2 bridgehead atoms. The molecular weight excluding hydrogens is 358 g/mol. The van der Waals surface area contributed by atoms with Crippen LogP contribution >= 0.6 is 0 Å². The fraction of sp³-hybridized carbons (Fsp3) is 0.320. The van der Waals surface area contributed by atoms with E-state index in [9.17, 15) is 0 Å². The summed E-state index contributed by atoms with van der Waals surface area (Å²) in [6.07, 6.45) is 1.45. The molecule has 1 fully saturated rings. The molecule has 0 spiro atoms. The van der Waals surface area contributed by atoms with Gasteiger partial charge in [-0.25, -0.2) is 4.98 Å². The summed E-state index contributed by atoms with van der Waals surface area (Å²) in [5.74, 6) is 0. The predicted molar refractivity (Wildman–Crippen MR) is 117 cm³/mol. The van der Waals surface area contributed by atoms with Crippen molar-refractivity contribution in [3.8, 4) is 0 Å². The number of benzene rings is 2. The van der Waals surface area contributed by atoms with Crippen LogP contribution in [0.2, 0.25) is 0 Å². The minimum Gasteiger partial charge on any atom is -0.436 e. The molecule has 2 aromatic carbocycles. The lowest BCUT2D eigenvalue weighted by Crippen LogP contribution is -2.51. The van der Waals surface area contributed by atoms with Gasteiger partial charge in [0.1, 0.15) is 0 Å². The molecule has 3 aliphatic rings. The summed E-state index contributed by atoms with van der Waals surface area (Å²) in [6, 6.07) is 17.9. The standard InChI is InChI=1S/C25H25N3O/c1-15-8-10-20-21-11-9-16(2)26-25(21)29-24(20)23(15)28-17(3)27-13-12-22(28)19-7-5-4-6-18(19)14-27/h4-11,17,22H,12-14H2,1-3H3. The van der Waals surface area contributed by atoms with Crippen LogP contribution in [0.15, 0.2) is 52.9 Å². The number of nitrogens with zero attached hydrogens (tertiary/aromatic N) is 3. The molecule has 29 heavy (non-hydrogen) atoms. The van der Waals surface area contributed by atoms with Crippen LogP contribution in [-0.2, 0) is 6.54 Å². The molecule has 2 aromatic heterocycles. The van der Waals surface area contributed by atoms with E-state index in [0.717, 1.165) is 47.3 Å². The number of rotatable bonds is 1. The molecule has 0 amide bonds. The van der Waals surface area contributed by atoms with Gasteiger partial charge < -0.3 is 9.32 Å². The smallest absolute Gasteiger partial charge is 0.227 e. The average Bonchev–Trinajstić information content (AvgIpc) is 2.90. The average molecular weight is 383 g/mol. The molecule has 7 rings (SSSR count). The number of aryl methyl sites for hydroxylation is 2. The number of aromatic nitrogens is 1. The predicted octanol–water partition coefficient (Wildman–Crippen LogP) is 5.71. The van der Waals surface area contributed by atoms with Gasteiger partial charge in [0, 0.05) is 29.6 Å². The molecule has 0 radical (unpaired) electrons. The first kappa shape index (κ1) is 17.0. The van der Waals surface area contributed by atoms with Crippen molar-refractivity contribution in [1.29, 1.82) is 0 Å². The number of hydrogen-bond acceptors (Lipinski definition) is 4. The van der Waals surface area contributed by atoms with Crippen LogP contribution in [0, 0.1) is 13.8 Å². The summed E-state index contributed by atoms with van der Waals surface area (Å²) in [7, 11) is 0. The fourth-order valence-corrected chi connectivity index (χ4v) is 5.35. The van der Waals surface area contributed by atoms with Gasteiger partial charge in [0.05, 0.1) is 17.9 Å². The third-order valence-corrected chi connectivity index (χ3v) is 6.82. The number of pyridine rings is 1. The molecule has 0 saturated carbocycles. The van der Waals surface area contributed by atoms with E-state index >= 15 is 0 Å². The van der Waals surface area contributed by atoms with Gasteiger partial charge in [0.2, 0.25) is 5.71 Å². The minimum absolute atomic E-state index is 0.313.